The molecular formula is C16H13N3. The molecule has 0 amide bonds. The summed E-state index contributed by atoms with van der Waals surface area (Å²) in [5.74, 6) is 0. The van der Waals surface area contributed by atoms with Crippen LogP contribution in [0.3, 0.4) is 0 Å². The summed E-state index contributed by atoms with van der Waals surface area (Å²) in [5.41, 5.74) is 4.05. The smallest absolute Gasteiger partial charge is 0.101 e. The number of anilines is 2. The first kappa shape index (κ1) is 12.7. The maximum atomic E-state index is 9.13. The van der Waals surface area contributed by atoms with Gasteiger partial charge in [0.2, 0.25) is 0 Å². The second kappa shape index (κ2) is 5.25. The third-order valence-corrected chi connectivity index (χ3v) is 3.10. The summed E-state index contributed by atoms with van der Waals surface area (Å²) >= 11 is 0. The van der Waals surface area contributed by atoms with Gasteiger partial charge in [-0.1, -0.05) is 12.1 Å². The highest BCUT2D eigenvalue weighted by atomic mass is 15.1. The van der Waals surface area contributed by atoms with Crippen molar-refractivity contribution >= 4 is 11.4 Å². The van der Waals surface area contributed by atoms with Gasteiger partial charge in [-0.25, -0.2) is 0 Å². The molecule has 3 nitrogen and oxygen atoms in total. The Balaban J connectivity index is 2.45. The van der Waals surface area contributed by atoms with Crippen molar-refractivity contribution in [1.82, 2.24) is 0 Å². The molecule has 0 aliphatic rings. The Hall–Kier alpha value is -2.78. The highest BCUT2D eigenvalue weighted by Crippen LogP contribution is 2.27. The molecule has 0 saturated heterocycles. The van der Waals surface area contributed by atoms with Crippen molar-refractivity contribution in [1.29, 1.82) is 10.5 Å². The molecule has 19 heavy (non-hydrogen) atoms. The number of benzene rings is 2. The molecule has 0 spiro atoms. The lowest BCUT2D eigenvalue weighted by atomic mass is 10.1. The quantitative estimate of drug-likeness (QED) is 0.816. The van der Waals surface area contributed by atoms with Gasteiger partial charge in [0.1, 0.15) is 6.07 Å². The molecule has 92 valence electrons. The highest BCUT2D eigenvalue weighted by Gasteiger charge is 2.09. The van der Waals surface area contributed by atoms with Crippen molar-refractivity contribution in [2.75, 3.05) is 11.9 Å². The summed E-state index contributed by atoms with van der Waals surface area (Å²) in [7, 11) is 1.91. The predicted molar refractivity (Wildman–Crippen MR) is 75.1 cm³/mol. The molecule has 0 radical (unpaired) electrons. The van der Waals surface area contributed by atoms with Crippen LogP contribution < -0.4 is 4.90 Å². The minimum atomic E-state index is 0.631. The third kappa shape index (κ3) is 2.41. The van der Waals surface area contributed by atoms with Crippen LogP contribution in [0.5, 0.6) is 0 Å². The molecule has 0 fully saturated rings. The van der Waals surface area contributed by atoms with Gasteiger partial charge in [-0.05, 0) is 42.8 Å². The van der Waals surface area contributed by atoms with Crippen molar-refractivity contribution in [3.63, 3.8) is 0 Å². The monoisotopic (exact) mass is 247 g/mol. The van der Waals surface area contributed by atoms with Gasteiger partial charge >= 0.3 is 0 Å². The average molecular weight is 247 g/mol. The van der Waals surface area contributed by atoms with Crippen molar-refractivity contribution in [2.45, 2.75) is 6.92 Å². The minimum absolute atomic E-state index is 0.631. The lowest BCUT2D eigenvalue weighted by molar-refractivity contribution is 1.19. The van der Waals surface area contributed by atoms with E-state index in [1.807, 2.05) is 49.2 Å². The Kier molecular flexibility index (Phi) is 3.50. The Morgan fingerprint density at radius 2 is 1.63 bits per heavy atom. The van der Waals surface area contributed by atoms with E-state index < -0.39 is 0 Å². The average Bonchev–Trinajstić information content (AvgIpc) is 2.46. The molecule has 0 atom stereocenters. The minimum Gasteiger partial charge on any atom is -0.344 e. The molecule has 0 aromatic heterocycles. The van der Waals surface area contributed by atoms with E-state index in [1.54, 1.807) is 12.1 Å². The van der Waals surface area contributed by atoms with E-state index in [2.05, 4.69) is 12.1 Å². The van der Waals surface area contributed by atoms with E-state index in [0.717, 1.165) is 16.9 Å². The zero-order valence-corrected chi connectivity index (χ0v) is 10.9. The van der Waals surface area contributed by atoms with Gasteiger partial charge in [0, 0.05) is 12.7 Å². The Bertz CT molecular complexity index is 690. The standard InChI is InChI=1S/C16H13N3/c1-12-9-15(8-7-13(12)10-17)19(2)16-6-4-3-5-14(16)11-18/h3-9H,1-2H3. The maximum absolute atomic E-state index is 9.13. The van der Waals surface area contributed by atoms with E-state index in [9.17, 15) is 0 Å². The van der Waals surface area contributed by atoms with E-state index in [1.165, 1.54) is 0 Å². The normalized spacial score (nSPS) is 9.47. The molecule has 0 bridgehead atoms. The molecule has 0 aliphatic carbocycles. The Labute approximate surface area is 112 Å². The number of aryl methyl sites for hydroxylation is 1. The van der Waals surface area contributed by atoms with Crippen LogP contribution in [0.2, 0.25) is 0 Å². The van der Waals surface area contributed by atoms with Gasteiger partial charge in [0.15, 0.2) is 0 Å². The Morgan fingerprint density at radius 3 is 2.26 bits per heavy atom. The molecule has 0 N–H and O–H groups in total. The molecule has 0 unspecified atom stereocenters. The lowest BCUT2D eigenvalue weighted by Gasteiger charge is -2.21. The molecule has 0 heterocycles. The first-order valence-corrected chi connectivity index (χ1v) is 5.91. The van der Waals surface area contributed by atoms with E-state index >= 15 is 0 Å². The van der Waals surface area contributed by atoms with E-state index in [0.29, 0.717) is 11.1 Å². The number of hydrogen-bond acceptors (Lipinski definition) is 3. The van der Waals surface area contributed by atoms with Crippen LogP contribution in [0.15, 0.2) is 42.5 Å². The van der Waals surface area contributed by atoms with Crippen LogP contribution in [0.1, 0.15) is 16.7 Å². The van der Waals surface area contributed by atoms with Crippen molar-refractivity contribution < 1.29 is 0 Å². The van der Waals surface area contributed by atoms with Crippen LogP contribution in [-0.2, 0) is 0 Å². The van der Waals surface area contributed by atoms with Crippen molar-refractivity contribution in [3.05, 3.63) is 59.2 Å². The van der Waals surface area contributed by atoms with Gasteiger partial charge in [-0.15, -0.1) is 0 Å². The topological polar surface area (TPSA) is 50.8 Å². The number of para-hydroxylation sites is 1. The van der Waals surface area contributed by atoms with Gasteiger partial charge < -0.3 is 4.90 Å². The van der Waals surface area contributed by atoms with Crippen LogP contribution >= 0.6 is 0 Å². The first-order chi connectivity index (χ1) is 9.17. The first-order valence-electron chi connectivity index (χ1n) is 5.91. The summed E-state index contributed by atoms with van der Waals surface area (Å²) < 4.78 is 0. The van der Waals surface area contributed by atoms with E-state index in [-0.39, 0.29) is 0 Å². The van der Waals surface area contributed by atoms with Crippen molar-refractivity contribution in [3.8, 4) is 12.1 Å². The van der Waals surface area contributed by atoms with E-state index in [4.69, 9.17) is 10.5 Å². The second-order valence-corrected chi connectivity index (χ2v) is 4.30. The summed E-state index contributed by atoms with van der Waals surface area (Å²) in [4.78, 5) is 1.95. The fourth-order valence-electron chi connectivity index (χ4n) is 1.98. The van der Waals surface area contributed by atoms with Gasteiger partial charge in [-0.3, -0.25) is 0 Å². The molecule has 0 aliphatic heterocycles. The summed E-state index contributed by atoms with van der Waals surface area (Å²) in [5, 5.41) is 18.1. The van der Waals surface area contributed by atoms with Gasteiger partial charge in [0.25, 0.3) is 0 Å². The summed E-state index contributed by atoms with van der Waals surface area (Å²) in [6, 6.07) is 17.4. The number of nitrogens with zero attached hydrogens (tertiary/aromatic N) is 3. The number of rotatable bonds is 2. The number of hydrogen-bond donors (Lipinski definition) is 0. The second-order valence-electron chi connectivity index (χ2n) is 4.30. The Morgan fingerprint density at radius 1 is 0.947 bits per heavy atom. The predicted octanol–water partition coefficient (Wildman–Crippen LogP) is 3.51. The third-order valence-electron chi connectivity index (χ3n) is 3.10. The zero-order chi connectivity index (χ0) is 13.8. The molecule has 2 rings (SSSR count). The summed E-state index contributed by atoms with van der Waals surface area (Å²) in [6.45, 7) is 1.91. The largest absolute Gasteiger partial charge is 0.344 e. The molecule has 2 aromatic rings. The van der Waals surface area contributed by atoms with Gasteiger partial charge in [0.05, 0.1) is 22.9 Å². The van der Waals surface area contributed by atoms with Crippen molar-refractivity contribution in [2.24, 2.45) is 0 Å². The van der Waals surface area contributed by atoms with Crippen LogP contribution in [0.4, 0.5) is 11.4 Å². The molecule has 0 saturated carbocycles. The zero-order valence-electron chi connectivity index (χ0n) is 10.9. The van der Waals surface area contributed by atoms with Crippen LogP contribution in [0.25, 0.3) is 0 Å². The molecule has 2 aromatic carbocycles. The lowest BCUT2D eigenvalue weighted by Crippen LogP contribution is -2.11. The summed E-state index contributed by atoms with van der Waals surface area (Å²) in [6.07, 6.45) is 0. The van der Waals surface area contributed by atoms with Crippen LogP contribution in [-0.4, -0.2) is 7.05 Å². The number of nitriles is 2. The highest BCUT2D eigenvalue weighted by molar-refractivity contribution is 5.69. The fraction of sp³-hybridized carbons (Fsp3) is 0.125. The van der Waals surface area contributed by atoms with Crippen LogP contribution in [0, 0.1) is 29.6 Å². The molecule has 3 heteroatoms. The molecular weight excluding hydrogens is 234 g/mol. The SMILES string of the molecule is Cc1cc(N(C)c2ccccc2C#N)ccc1C#N. The maximum Gasteiger partial charge on any atom is 0.101 e. The fourth-order valence-corrected chi connectivity index (χ4v) is 1.98. The van der Waals surface area contributed by atoms with Gasteiger partial charge in [-0.2, -0.15) is 10.5 Å².